The summed E-state index contributed by atoms with van der Waals surface area (Å²) in [5, 5.41) is 6.94. The maximum absolute atomic E-state index is 4.83. The van der Waals surface area contributed by atoms with Crippen LogP contribution in [0.25, 0.3) is 0 Å². The molecule has 5 nitrogen and oxygen atoms in total. The molecule has 6 heteroatoms. The summed E-state index contributed by atoms with van der Waals surface area (Å²) in [6, 6.07) is 0.546. The second kappa shape index (κ2) is 15.0. The largest absolute Gasteiger partial charge is 0.357 e. The van der Waals surface area contributed by atoms with Gasteiger partial charge in [-0.05, 0) is 33.2 Å². The van der Waals surface area contributed by atoms with E-state index in [1.165, 1.54) is 51.9 Å². The molecule has 150 valence electrons. The number of guanidine groups is 1. The minimum Gasteiger partial charge on any atom is -0.357 e. The van der Waals surface area contributed by atoms with Crippen molar-refractivity contribution in [2.45, 2.75) is 59.4 Å². The lowest BCUT2D eigenvalue weighted by Gasteiger charge is -2.36. The highest BCUT2D eigenvalue weighted by atomic mass is 127. The van der Waals surface area contributed by atoms with Gasteiger partial charge in [0.15, 0.2) is 5.96 Å². The molecule has 1 heterocycles. The van der Waals surface area contributed by atoms with Gasteiger partial charge in [0.1, 0.15) is 0 Å². The minimum atomic E-state index is 0. The average Bonchev–Trinajstić information content (AvgIpc) is 2.60. The van der Waals surface area contributed by atoms with Crippen LogP contribution in [0.15, 0.2) is 4.99 Å². The quantitative estimate of drug-likeness (QED) is 0.295. The Morgan fingerprint density at radius 1 is 1.08 bits per heavy atom. The Morgan fingerprint density at radius 3 is 2.32 bits per heavy atom. The fourth-order valence-corrected chi connectivity index (χ4v) is 3.12. The molecule has 1 aliphatic rings. The highest BCUT2D eigenvalue weighted by Gasteiger charge is 2.19. The van der Waals surface area contributed by atoms with Crippen molar-refractivity contribution in [2.75, 3.05) is 52.9 Å². The summed E-state index contributed by atoms with van der Waals surface area (Å²) in [6.07, 6.45) is 5.12. The molecule has 2 atom stereocenters. The third-order valence-electron chi connectivity index (χ3n) is 5.12. The molecular formula is C19H42IN5. The number of nitrogens with one attached hydrogen (secondary N) is 2. The van der Waals surface area contributed by atoms with Crippen molar-refractivity contribution in [3.63, 3.8) is 0 Å². The molecule has 0 bridgehead atoms. The van der Waals surface area contributed by atoms with Gasteiger partial charge in [-0.25, -0.2) is 0 Å². The van der Waals surface area contributed by atoms with E-state index in [1.807, 2.05) is 0 Å². The number of nitrogens with zero attached hydrogens (tertiary/aromatic N) is 3. The summed E-state index contributed by atoms with van der Waals surface area (Å²) in [4.78, 5) is 9.82. The molecule has 2 N–H and O–H groups in total. The number of hydrogen-bond donors (Lipinski definition) is 2. The van der Waals surface area contributed by atoms with Crippen LogP contribution in [0.1, 0.15) is 53.4 Å². The molecule has 0 aliphatic carbocycles. The second-order valence-corrected chi connectivity index (χ2v) is 7.21. The molecule has 1 rings (SSSR count). The lowest BCUT2D eigenvalue weighted by Crippen LogP contribution is -2.52. The first kappa shape index (κ1) is 24.9. The molecule has 0 spiro atoms. The molecule has 2 unspecified atom stereocenters. The predicted molar refractivity (Wildman–Crippen MR) is 121 cm³/mol. The van der Waals surface area contributed by atoms with Crippen LogP contribution in [0.5, 0.6) is 0 Å². The van der Waals surface area contributed by atoms with Crippen LogP contribution in [0.4, 0.5) is 0 Å². The van der Waals surface area contributed by atoms with Gasteiger partial charge in [0.05, 0.1) is 0 Å². The Kier molecular flexibility index (Phi) is 15.0. The van der Waals surface area contributed by atoms with Crippen LogP contribution in [0.2, 0.25) is 0 Å². The summed E-state index contributed by atoms with van der Waals surface area (Å²) >= 11 is 0. The van der Waals surface area contributed by atoms with Crippen molar-refractivity contribution in [3.05, 3.63) is 0 Å². The van der Waals surface area contributed by atoms with Gasteiger partial charge in [-0.3, -0.25) is 9.89 Å². The van der Waals surface area contributed by atoms with E-state index in [1.54, 1.807) is 0 Å². The van der Waals surface area contributed by atoms with Crippen molar-refractivity contribution < 1.29 is 0 Å². The number of aliphatic imine (C=N–C) groups is 1. The summed E-state index contributed by atoms with van der Waals surface area (Å²) in [6.45, 7) is 16.5. The fourth-order valence-electron chi connectivity index (χ4n) is 3.12. The molecule has 0 aromatic heterocycles. The third kappa shape index (κ3) is 10.6. The van der Waals surface area contributed by atoms with Crippen LogP contribution in [0, 0.1) is 5.92 Å². The maximum Gasteiger partial charge on any atom is 0.191 e. The van der Waals surface area contributed by atoms with Crippen molar-refractivity contribution in [1.29, 1.82) is 0 Å². The van der Waals surface area contributed by atoms with Gasteiger partial charge in [0.25, 0.3) is 0 Å². The third-order valence-corrected chi connectivity index (χ3v) is 5.12. The minimum absolute atomic E-state index is 0. The topological polar surface area (TPSA) is 42.9 Å². The van der Waals surface area contributed by atoms with Crippen LogP contribution < -0.4 is 10.6 Å². The fraction of sp³-hybridized carbons (Fsp3) is 0.947. The molecule has 0 amide bonds. The van der Waals surface area contributed by atoms with Crippen LogP contribution in [-0.2, 0) is 0 Å². The van der Waals surface area contributed by atoms with E-state index in [4.69, 9.17) is 4.99 Å². The number of rotatable bonds is 10. The van der Waals surface area contributed by atoms with Crippen LogP contribution >= 0.6 is 24.0 Å². The lowest BCUT2D eigenvalue weighted by molar-refractivity contribution is 0.120. The number of likely N-dealkylation sites (N-methyl/N-ethyl adjacent to an activating group) is 1. The van der Waals surface area contributed by atoms with Gasteiger partial charge in [-0.1, -0.05) is 33.1 Å². The summed E-state index contributed by atoms with van der Waals surface area (Å²) in [5.74, 6) is 1.70. The first-order chi connectivity index (χ1) is 11.6. The molecule has 0 saturated carbocycles. The van der Waals surface area contributed by atoms with E-state index >= 15 is 0 Å². The van der Waals surface area contributed by atoms with Crippen molar-refractivity contribution in [2.24, 2.45) is 10.9 Å². The normalized spacial score (nSPS) is 19.2. The Bertz CT molecular complexity index is 343. The lowest BCUT2D eigenvalue weighted by atomic mass is 10.00. The highest BCUT2D eigenvalue weighted by molar-refractivity contribution is 14.0. The second-order valence-electron chi connectivity index (χ2n) is 7.21. The van der Waals surface area contributed by atoms with E-state index in [-0.39, 0.29) is 24.0 Å². The molecule has 1 fully saturated rings. The zero-order valence-electron chi connectivity index (χ0n) is 17.2. The van der Waals surface area contributed by atoms with Gasteiger partial charge in [-0.15, -0.1) is 24.0 Å². The van der Waals surface area contributed by atoms with E-state index in [0.29, 0.717) is 6.04 Å². The summed E-state index contributed by atoms with van der Waals surface area (Å²) in [5.41, 5.74) is 0. The first-order valence-electron chi connectivity index (χ1n) is 10.0. The number of hydrogen-bond acceptors (Lipinski definition) is 3. The summed E-state index contributed by atoms with van der Waals surface area (Å²) < 4.78 is 0. The Hall–Kier alpha value is -0.0800. The number of piperazine rings is 1. The Morgan fingerprint density at radius 2 is 1.76 bits per heavy atom. The smallest absolute Gasteiger partial charge is 0.191 e. The van der Waals surface area contributed by atoms with Gasteiger partial charge in [0.2, 0.25) is 0 Å². The molecule has 0 radical (unpaired) electrons. The predicted octanol–water partition coefficient (Wildman–Crippen LogP) is 3.01. The molecule has 1 aliphatic heterocycles. The average molecular weight is 467 g/mol. The van der Waals surface area contributed by atoms with Gasteiger partial charge < -0.3 is 15.5 Å². The van der Waals surface area contributed by atoms with Crippen LogP contribution in [-0.4, -0.2) is 74.7 Å². The number of halogens is 1. The standard InChI is InChI=1S/C19H41N5.HI/c1-6-9-10-18(7-2)16-22-19(20-8-3)21-15-17(4)24-13-11-23(5)12-14-24;/h17-18H,6-16H2,1-5H3,(H2,20,21,22);1H. The van der Waals surface area contributed by atoms with E-state index < -0.39 is 0 Å². The van der Waals surface area contributed by atoms with Crippen molar-refractivity contribution >= 4 is 29.9 Å². The molecule has 25 heavy (non-hydrogen) atoms. The first-order valence-corrected chi connectivity index (χ1v) is 10.0. The van der Waals surface area contributed by atoms with E-state index in [0.717, 1.165) is 31.5 Å². The molecule has 0 aromatic rings. The molecule has 1 saturated heterocycles. The molecular weight excluding hydrogens is 425 g/mol. The summed E-state index contributed by atoms with van der Waals surface area (Å²) in [7, 11) is 2.21. The van der Waals surface area contributed by atoms with E-state index in [9.17, 15) is 0 Å². The monoisotopic (exact) mass is 467 g/mol. The Balaban J connectivity index is 0.00000576. The van der Waals surface area contributed by atoms with Gasteiger partial charge in [-0.2, -0.15) is 0 Å². The SMILES string of the molecule is CCCCC(CC)CN=C(NCC)NCC(C)N1CCN(C)CC1.I. The van der Waals surface area contributed by atoms with Crippen molar-refractivity contribution in [3.8, 4) is 0 Å². The number of unbranched alkanes of at least 4 members (excludes halogenated alkanes) is 1. The van der Waals surface area contributed by atoms with Crippen molar-refractivity contribution in [1.82, 2.24) is 20.4 Å². The van der Waals surface area contributed by atoms with Gasteiger partial charge >= 0.3 is 0 Å². The zero-order valence-corrected chi connectivity index (χ0v) is 19.5. The van der Waals surface area contributed by atoms with Gasteiger partial charge in [0, 0.05) is 51.9 Å². The van der Waals surface area contributed by atoms with Crippen LogP contribution in [0.3, 0.4) is 0 Å². The van der Waals surface area contributed by atoms with E-state index in [2.05, 4.69) is 55.2 Å². The maximum atomic E-state index is 4.83. The highest BCUT2D eigenvalue weighted by Crippen LogP contribution is 2.12. The molecule has 0 aromatic carbocycles. The zero-order chi connectivity index (χ0) is 17.8. The Labute approximate surface area is 173 Å².